The van der Waals surface area contributed by atoms with Gasteiger partial charge in [0.15, 0.2) is 0 Å². The molecule has 14 heavy (non-hydrogen) atoms. The Morgan fingerprint density at radius 3 is 2.79 bits per heavy atom. The second-order valence-corrected chi connectivity index (χ2v) is 2.81. The number of hydrogen-bond acceptors (Lipinski definition) is 4. The molecule has 80 valence electrons. The number of carbonyl (C=O) groups is 1. The predicted octanol–water partition coefficient (Wildman–Crippen LogP) is -1.78. The topological polar surface area (TPSA) is 100 Å². The SMILES string of the molecule is NC(=NCC(=O)O)NN1CCOCC1. The second kappa shape index (κ2) is 5.40. The fourth-order valence-electron chi connectivity index (χ4n) is 1.03. The molecule has 1 rings (SSSR count). The van der Waals surface area contributed by atoms with E-state index < -0.39 is 5.97 Å². The van der Waals surface area contributed by atoms with Crippen molar-refractivity contribution in [3.63, 3.8) is 0 Å². The maximum absolute atomic E-state index is 10.2. The minimum absolute atomic E-state index is 0.120. The van der Waals surface area contributed by atoms with Crippen molar-refractivity contribution in [2.24, 2.45) is 10.7 Å². The molecule has 0 saturated carbocycles. The second-order valence-electron chi connectivity index (χ2n) is 2.81. The smallest absolute Gasteiger partial charge is 0.325 e. The van der Waals surface area contributed by atoms with Crippen LogP contribution in [0.25, 0.3) is 0 Å². The third-order valence-corrected chi connectivity index (χ3v) is 1.67. The lowest BCUT2D eigenvalue weighted by Gasteiger charge is -2.27. The monoisotopic (exact) mass is 202 g/mol. The first-order valence-electron chi connectivity index (χ1n) is 4.29. The average molecular weight is 202 g/mol. The molecule has 1 fully saturated rings. The highest BCUT2D eigenvalue weighted by Gasteiger charge is 2.10. The Morgan fingerprint density at radius 2 is 2.21 bits per heavy atom. The van der Waals surface area contributed by atoms with Crippen molar-refractivity contribution in [1.82, 2.24) is 10.4 Å². The third-order valence-electron chi connectivity index (χ3n) is 1.67. The van der Waals surface area contributed by atoms with Crippen LogP contribution >= 0.6 is 0 Å². The summed E-state index contributed by atoms with van der Waals surface area (Å²) < 4.78 is 5.12. The van der Waals surface area contributed by atoms with Gasteiger partial charge < -0.3 is 15.6 Å². The summed E-state index contributed by atoms with van der Waals surface area (Å²) in [6.45, 7) is 2.38. The molecule has 0 unspecified atom stereocenters. The largest absolute Gasteiger partial charge is 0.480 e. The van der Waals surface area contributed by atoms with E-state index in [0.29, 0.717) is 26.3 Å². The number of aliphatic carboxylic acids is 1. The number of aliphatic imine (C=N–C) groups is 1. The van der Waals surface area contributed by atoms with Crippen LogP contribution in [0.2, 0.25) is 0 Å². The van der Waals surface area contributed by atoms with Crippen molar-refractivity contribution in [3.8, 4) is 0 Å². The molecule has 1 saturated heterocycles. The van der Waals surface area contributed by atoms with Crippen LogP contribution in [-0.4, -0.2) is 54.9 Å². The van der Waals surface area contributed by atoms with E-state index in [1.54, 1.807) is 0 Å². The van der Waals surface area contributed by atoms with E-state index in [0.717, 1.165) is 0 Å². The van der Waals surface area contributed by atoms with Gasteiger partial charge in [-0.15, -0.1) is 0 Å². The van der Waals surface area contributed by atoms with Crippen molar-refractivity contribution >= 4 is 11.9 Å². The zero-order valence-corrected chi connectivity index (χ0v) is 7.77. The summed E-state index contributed by atoms with van der Waals surface area (Å²) in [4.78, 5) is 13.8. The van der Waals surface area contributed by atoms with Crippen LogP contribution in [0.4, 0.5) is 0 Å². The van der Waals surface area contributed by atoms with E-state index in [1.165, 1.54) is 0 Å². The Bertz CT molecular complexity index is 225. The van der Waals surface area contributed by atoms with Crippen LogP contribution < -0.4 is 11.2 Å². The van der Waals surface area contributed by atoms with Gasteiger partial charge in [0.1, 0.15) is 6.54 Å². The lowest BCUT2D eigenvalue weighted by atomic mass is 10.5. The number of nitrogens with two attached hydrogens (primary N) is 1. The number of morpholine rings is 1. The molecule has 0 spiro atoms. The Balaban J connectivity index is 2.27. The van der Waals surface area contributed by atoms with Crippen LogP contribution in [0.1, 0.15) is 0 Å². The van der Waals surface area contributed by atoms with E-state index in [1.807, 2.05) is 5.01 Å². The van der Waals surface area contributed by atoms with E-state index in [4.69, 9.17) is 15.6 Å². The normalized spacial score (nSPS) is 19.3. The van der Waals surface area contributed by atoms with Crippen molar-refractivity contribution in [1.29, 1.82) is 0 Å². The summed E-state index contributed by atoms with van der Waals surface area (Å²) in [5.41, 5.74) is 8.24. The molecule has 0 aromatic rings. The Morgan fingerprint density at radius 1 is 1.57 bits per heavy atom. The highest BCUT2D eigenvalue weighted by Crippen LogP contribution is 1.91. The van der Waals surface area contributed by atoms with Gasteiger partial charge in [0.2, 0.25) is 5.96 Å². The number of rotatable bonds is 3. The molecule has 1 heterocycles. The summed E-state index contributed by atoms with van der Waals surface area (Å²) in [7, 11) is 0. The van der Waals surface area contributed by atoms with Crippen molar-refractivity contribution in [2.45, 2.75) is 0 Å². The molecule has 7 nitrogen and oxygen atoms in total. The quantitative estimate of drug-likeness (QED) is 0.369. The minimum atomic E-state index is -1.00. The number of nitrogens with zero attached hydrogens (tertiary/aromatic N) is 2. The number of hydrazine groups is 1. The number of carboxylic acids is 1. The van der Waals surface area contributed by atoms with Crippen LogP contribution in [0.15, 0.2) is 4.99 Å². The lowest BCUT2D eigenvalue weighted by molar-refractivity contribution is -0.135. The first-order chi connectivity index (χ1) is 6.68. The van der Waals surface area contributed by atoms with Gasteiger partial charge in [-0.05, 0) is 0 Å². The van der Waals surface area contributed by atoms with Gasteiger partial charge in [-0.1, -0.05) is 0 Å². The molecule has 0 aliphatic carbocycles. The maximum Gasteiger partial charge on any atom is 0.325 e. The number of hydrogen-bond donors (Lipinski definition) is 3. The fourth-order valence-corrected chi connectivity index (χ4v) is 1.03. The van der Waals surface area contributed by atoms with E-state index in [2.05, 4.69) is 10.4 Å². The lowest BCUT2D eigenvalue weighted by Crippen LogP contribution is -2.51. The first kappa shape index (κ1) is 10.7. The van der Waals surface area contributed by atoms with Crippen molar-refractivity contribution in [2.75, 3.05) is 32.8 Å². The molecule has 1 aliphatic heterocycles. The maximum atomic E-state index is 10.2. The summed E-state index contributed by atoms with van der Waals surface area (Å²) in [5.74, 6) is -0.883. The molecule has 0 aromatic carbocycles. The van der Waals surface area contributed by atoms with Crippen molar-refractivity contribution in [3.05, 3.63) is 0 Å². The third kappa shape index (κ3) is 4.06. The number of nitrogens with one attached hydrogen (secondary N) is 1. The Labute approximate surface area is 81.5 Å². The van der Waals surface area contributed by atoms with E-state index in [-0.39, 0.29) is 12.5 Å². The summed E-state index contributed by atoms with van der Waals surface area (Å²) in [6.07, 6.45) is 0. The van der Waals surface area contributed by atoms with Gasteiger partial charge in [-0.2, -0.15) is 0 Å². The molecular weight excluding hydrogens is 188 g/mol. The summed E-state index contributed by atoms with van der Waals surface area (Å²) in [6, 6.07) is 0. The van der Waals surface area contributed by atoms with E-state index in [9.17, 15) is 4.79 Å². The minimum Gasteiger partial charge on any atom is -0.480 e. The fraction of sp³-hybridized carbons (Fsp3) is 0.714. The molecule has 0 bridgehead atoms. The molecular formula is C7H14N4O3. The first-order valence-corrected chi connectivity index (χ1v) is 4.29. The molecule has 0 atom stereocenters. The van der Waals surface area contributed by atoms with Gasteiger partial charge in [-0.25, -0.2) is 10.0 Å². The highest BCUT2D eigenvalue weighted by atomic mass is 16.5. The van der Waals surface area contributed by atoms with Crippen LogP contribution in [0.3, 0.4) is 0 Å². The number of guanidine groups is 1. The van der Waals surface area contributed by atoms with Gasteiger partial charge in [0.25, 0.3) is 0 Å². The van der Waals surface area contributed by atoms with Gasteiger partial charge >= 0.3 is 5.97 Å². The van der Waals surface area contributed by atoms with Gasteiger partial charge in [0.05, 0.1) is 13.2 Å². The molecule has 0 amide bonds. The predicted molar refractivity (Wildman–Crippen MR) is 49.7 cm³/mol. The number of ether oxygens (including phenoxy) is 1. The van der Waals surface area contributed by atoms with Crippen molar-refractivity contribution < 1.29 is 14.6 Å². The van der Waals surface area contributed by atoms with Crippen LogP contribution in [0.5, 0.6) is 0 Å². The summed E-state index contributed by atoms with van der Waals surface area (Å²) in [5, 5.41) is 10.2. The Kier molecular flexibility index (Phi) is 4.14. The Hall–Kier alpha value is -1.34. The van der Waals surface area contributed by atoms with E-state index >= 15 is 0 Å². The highest BCUT2D eigenvalue weighted by molar-refractivity contribution is 5.80. The zero-order valence-electron chi connectivity index (χ0n) is 7.77. The van der Waals surface area contributed by atoms with Crippen LogP contribution in [-0.2, 0) is 9.53 Å². The number of carboxylic acid groups (broad SMARTS) is 1. The standard InChI is InChI=1S/C7H14N4O3/c8-7(9-5-6(12)13)10-11-1-3-14-4-2-11/h1-5H2,(H,12,13)(H3,8,9,10). The zero-order chi connectivity index (χ0) is 10.4. The molecule has 7 heteroatoms. The summed E-state index contributed by atoms with van der Waals surface area (Å²) >= 11 is 0. The van der Waals surface area contributed by atoms with Gasteiger partial charge in [-0.3, -0.25) is 10.2 Å². The molecule has 0 aromatic heterocycles. The molecule has 4 N–H and O–H groups in total. The molecule has 0 radical (unpaired) electrons. The molecule has 1 aliphatic rings. The average Bonchev–Trinajstić information content (AvgIpc) is 2.16. The van der Waals surface area contributed by atoms with Gasteiger partial charge in [0, 0.05) is 13.1 Å². The van der Waals surface area contributed by atoms with Crippen LogP contribution in [0, 0.1) is 0 Å².